The standard InChI is InChI=1S/C14H12N2O.C3H8/c1-10-7-8-12-13(9-10)17-14(16-12)15-11-5-3-2-4-6-11;1-3-2/h2-9H,1H3,(H,15,16);3H2,1-2H3. The van der Waals surface area contributed by atoms with E-state index >= 15 is 0 Å². The molecule has 0 radical (unpaired) electrons. The van der Waals surface area contributed by atoms with E-state index in [1.807, 2.05) is 55.5 Å². The highest BCUT2D eigenvalue weighted by atomic mass is 16.4. The fraction of sp³-hybridized carbons (Fsp3) is 0.235. The van der Waals surface area contributed by atoms with Crippen molar-refractivity contribution >= 4 is 22.8 Å². The van der Waals surface area contributed by atoms with Gasteiger partial charge in [-0.25, -0.2) is 0 Å². The highest BCUT2D eigenvalue weighted by molar-refractivity contribution is 5.76. The second-order valence-electron chi connectivity index (χ2n) is 4.69. The lowest BCUT2D eigenvalue weighted by Gasteiger charge is -1.98. The van der Waals surface area contributed by atoms with E-state index in [1.54, 1.807) is 0 Å². The van der Waals surface area contributed by atoms with Crippen LogP contribution in [-0.2, 0) is 0 Å². The molecule has 1 heterocycles. The van der Waals surface area contributed by atoms with Crippen molar-refractivity contribution in [1.82, 2.24) is 4.98 Å². The van der Waals surface area contributed by atoms with Crippen LogP contribution in [-0.4, -0.2) is 4.98 Å². The van der Waals surface area contributed by atoms with E-state index in [-0.39, 0.29) is 0 Å². The number of benzene rings is 2. The summed E-state index contributed by atoms with van der Waals surface area (Å²) in [5, 5.41) is 3.14. The average molecular weight is 268 g/mol. The van der Waals surface area contributed by atoms with Gasteiger partial charge < -0.3 is 9.73 Å². The quantitative estimate of drug-likeness (QED) is 0.685. The summed E-state index contributed by atoms with van der Waals surface area (Å²) in [7, 11) is 0. The maximum absolute atomic E-state index is 5.63. The van der Waals surface area contributed by atoms with Gasteiger partial charge in [0.05, 0.1) is 0 Å². The lowest BCUT2D eigenvalue weighted by molar-refractivity contribution is 0.623. The molecule has 104 valence electrons. The van der Waals surface area contributed by atoms with Gasteiger partial charge in [-0.05, 0) is 36.8 Å². The summed E-state index contributed by atoms with van der Waals surface area (Å²) < 4.78 is 5.63. The van der Waals surface area contributed by atoms with Crippen molar-refractivity contribution in [2.24, 2.45) is 0 Å². The normalized spacial score (nSPS) is 9.95. The molecule has 3 heteroatoms. The van der Waals surface area contributed by atoms with Gasteiger partial charge in [-0.1, -0.05) is 44.5 Å². The molecule has 0 aliphatic heterocycles. The Bertz CT molecular complexity index is 659. The topological polar surface area (TPSA) is 38.1 Å². The van der Waals surface area contributed by atoms with Crippen molar-refractivity contribution in [1.29, 1.82) is 0 Å². The van der Waals surface area contributed by atoms with Crippen molar-refractivity contribution < 1.29 is 4.42 Å². The molecular formula is C17H20N2O. The number of hydrogen-bond acceptors (Lipinski definition) is 3. The van der Waals surface area contributed by atoms with E-state index in [0.29, 0.717) is 6.01 Å². The second kappa shape index (κ2) is 6.75. The minimum absolute atomic E-state index is 0.525. The molecular weight excluding hydrogens is 248 g/mol. The Hall–Kier alpha value is -2.29. The van der Waals surface area contributed by atoms with Crippen LogP contribution in [0.15, 0.2) is 52.9 Å². The highest BCUT2D eigenvalue weighted by Gasteiger charge is 2.05. The van der Waals surface area contributed by atoms with Crippen LogP contribution < -0.4 is 5.32 Å². The Morgan fingerprint density at radius 1 is 1.05 bits per heavy atom. The SMILES string of the molecule is CCC.Cc1ccc2nc(Nc3ccccc3)oc2c1. The lowest BCUT2D eigenvalue weighted by atomic mass is 10.2. The van der Waals surface area contributed by atoms with Gasteiger partial charge in [-0.15, -0.1) is 0 Å². The summed E-state index contributed by atoms with van der Waals surface area (Å²) >= 11 is 0. The van der Waals surface area contributed by atoms with E-state index in [2.05, 4.69) is 24.1 Å². The van der Waals surface area contributed by atoms with Gasteiger partial charge in [0.1, 0.15) is 5.52 Å². The summed E-state index contributed by atoms with van der Waals surface area (Å²) in [6.07, 6.45) is 1.25. The third-order valence-electron chi connectivity index (χ3n) is 2.57. The molecule has 0 aliphatic rings. The first-order valence-corrected chi connectivity index (χ1v) is 6.92. The molecule has 0 aliphatic carbocycles. The van der Waals surface area contributed by atoms with E-state index in [1.165, 1.54) is 12.0 Å². The van der Waals surface area contributed by atoms with Gasteiger partial charge in [-0.2, -0.15) is 4.98 Å². The van der Waals surface area contributed by atoms with Crippen LogP contribution in [0.1, 0.15) is 25.8 Å². The number of nitrogens with one attached hydrogen (secondary N) is 1. The predicted molar refractivity (Wildman–Crippen MR) is 84.4 cm³/mol. The van der Waals surface area contributed by atoms with Gasteiger partial charge in [0, 0.05) is 5.69 Å². The van der Waals surface area contributed by atoms with Crippen molar-refractivity contribution in [3.05, 3.63) is 54.1 Å². The zero-order valence-corrected chi connectivity index (χ0v) is 12.2. The van der Waals surface area contributed by atoms with E-state index in [0.717, 1.165) is 16.8 Å². The number of hydrogen-bond donors (Lipinski definition) is 1. The first-order chi connectivity index (χ1) is 9.72. The smallest absolute Gasteiger partial charge is 0.300 e. The van der Waals surface area contributed by atoms with Crippen LogP contribution in [0.4, 0.5) is 11.7 Å². The molecule has 0 fully saturated rings. The number of anilines is 2. The Kier molecular flexibility index (Phi) is 4.77. The lowest BCUT2D eigenvalue weighted by Crippen LogP contribution is -1.88. The van der Waals surface area contributed by atoms with Gasteiger partial charge in [-0.3, -0.25) is 0 Å². The number of rotatable bonds is 2. The zero-order chi connectivity index (χ0) is 14.4. The third-order valence-corrected chi connectivity index (χ3v) is 2.57. The fourth-order valence-electron chi connectivity index (χ4n) is 1.73. The number of aryl methyl sites for hydroxylation is 1. The van der Waals surface area contributed by atoms with Gasteiger partial charge in [0.15, 0.2) is 5.58 Å². The van der Waals surface area contributed by atoms with Crippen molar-refractivity contribution in [3.63, 3.8) is 0 Å². The molecule has 1 N–H and O–H groups in total. The van der Waals surface area contributed by atoms with Gasteiger partial charge in [0.2, 0.25) is 0 Å². The molecule has 0 amide bonds. The van der Waals surface area contributed by atoms with Crippen LogP contribution in [0.2, 0.25) is 0 Å². The first kappa shape index (κ1) is 14.1. The minimum Gasteiger partial charge on any atom is -0.423 e. The molecule has 0 atom stereocenters. The molecule has 0 bridgehead atoms. The summed E-state index contributed by atoms with van der Waals surface area (Å²) in [5.74, 6) is 0. The summed E-state index contributed by atoms with van der Waals surface area (Å²) in [6, 6.07) is 16.3. The van der Waals surface area contributed by atoms with Crippen LogP contribution in [0.5, 0.6) is 0 Å². The second-order valence-corrected chi connectivity index (χ2v) is 4.69. The molecule has 0 unspecified atom stereocenters. The number of nitrogens with zero attached hydrogens (tertiary/aromatic N) is 1. The molecule has 0 saturated heterocycles. The largest absolute Gasteiger partial charge is 0.423 e. The minimum atomic E-state index is 0.525. The maximum Gasteiger partial charge on any atom is 0.300 e. The Morgan fingerprint density at radius 2 is 1.75 bits per heavy atom. The van der Waals surface area contributed by atoms with E-state index in [9.17, 15) is 0 Å². The molecule has 20 heavy (non-hydrogen) atoms. The number of oxazole rings is 1. The molecule has 3 aromatic rings. The predicted octanol–water partition coefficient (Wildman–Crippen LogP) is 5.30. The van der Waals surface area contributed by atoms with Crippen LogP contribution >= 0.6 is 0 Å². The van der Waals surface area contributed by atoms with Gasteiger partial charge in [0.25, 0.3) is 6.01 Å². The van der Waals surface area contributed by atoms with Crippen LogP contribution in [0.25, 0.3) is 11.1 Å². The van der Waals surface area contributed by atoms with Crippen LogP contribution in [0.3, 0.4) is 0 Å². The van der Waals surface area contributed by atoms with Crippen molar-refractivity contribution in [2.45, 2.75) is 27.2 Å². The molecule has 0 spiro atoms. The Balaban J connectivity index is 0.000000452. The van der Waals surface area contributed by atoms with Gasteiger partial charge >= 0.3 is 0 Å². The Labute approximate surface area is 119 Å². The summed E-state index contributed by atoms with van der Waals surface area (Å²) in [5.41, 5.74) is 3.81. The van der Waals surface area contributed by atoms with Crippen LogP contribution in [0, 0.1) is 6.92 Å². The van der Waals surface area contributed by atoms with Crippen molar-refractivity contribution in [3.8, 4) is 0 Å². The molecule has 2 aromatic carbocycles. The molecule has 0 saturated carbocycles. The van der Waals surface area contributed by atoms with Crippen molar-refractivity contribution in [2.75, 3.05) is 5.32 Å². The summed E-state index contributed by atoms with van der Waals surface area (Å²) in [6.45, 7) is 6.28. The molecule has 3 rings (SSSR count). The fourth-order valence-corrected chi connectivity index (χ4v) is 1.73. The number of para-hydroxylation sites is 1. The summed E-state index contributed by atoms with van der Waals surface area (Å²) in [4.78, 5) is 4.37. The van der Waals surface area contributed by atoms with E-state index < -0.39 is 0 Å². The molecule has 3 nitrogen and oxygen atoms in total. The number of fused-ring (bicyclic) bond motifs is 1. The maximum atomic E-state index is 5.63. The molecule has 1 aromatic heterocycles. The monoisotopic (exact) mass is 268 g/mol. The Morgan fingerprint density at radius 3 is 2.45 bits per heavy atom. The zero-order valence-electron chi connectivity index (χ0n) is 12.2. The average Bonchev–Trinajstić information content (AvgIpc) is 2.82. The number of aromatic nitrogens is 1. The highest BCUT2D eigenvalue weighted by Crippen LogP contribution is 2.22. The first-order valence-electron chi connectivity index (χ1n) is 6.92. The van der Waals surface area contributed by atoms with E-state index in [4.69, 9.17) is 4.42 Å². The third kappa shape index (κ3) is 3.60.